The first-order valence-electron chi connectivity index (χ1n) is 7.38. The minimum atomic E-state index is 0.598. The molecule has 4 heteroatoms. The Hall–Kier alpha value is -1.10. The van der Waals surface area contributed by atoms with Gasteiger partial charge in [-0.2, -0.15) is 0 Å². The topological polar surface area (TPSA) is 33.7 Å². The summed E-state index contributed by atoms with van der Waals surface area (Å²) in [7, 11) is 3.52. The van der Waals surface area contributed by atoms with E-state index in [9.17, 15) is 0 Å². The highest BCUT2D eigenvalue weighted by atomic mass is 16.5. The van der Waals surface area contributed by atoms with Crippen LogP contribution in [0.15, 0.2) is 24.3 Å². The number of ether oxygens (including phenoxy) is 2. The first kappa shape index (κ1) is 15.3. The number of nitrogens with zero attached hydrogens (tertiary/aromatic N) is 1. The molecule has 112 valence electrons. The van der Waals surface area contributed by atoms with E-state index in [0.29, 0.717) is 5.92 Å². The van der Waals surface area contributed by atoms with Crippen LogP contribution in [0.5, 0.6) is 0 Å². The average Bonchev–Trinajstić information content (AvgIpc) is 2.50. The van der Waals surface area contributed by atoms with Crippen molar-refractivity contribution >= 4 is 5.69 Å². The van der Waals surface area contributed by atoms with Gasteiger partial charge in [-0.15, -0.1) is 0 Å². The molecule has 1 aromatic rings. The number of nitrogens with one attached hydrogen (secondary N) is 1. The van der Waals surface area contributed by atoms with Crippen molar-refractivity contribution in [3.63, 3.8) is 0 Å². The van der Waals surface area contributed by atoms with Gasteiger partial charge in [0.15, 0.2) is 0 Å². The van der Waals surface area contributed by atoms with Gasteiger partial charge in [-0.1, -0.05) is 18.2 Å². The van der Waals surface area contributed by atoms with E-state index >= 15 is 0 Å². The summed E-state index contributed by atoms with van der Waals surface area (Å²) in [5.74, 6) is 0.598. The Labute approximate surface area is 122 Å². The number of para-hydroxylation sites is 1. The van der Waals surface area contributed by atoms with Crippen LogP contribution in [0.3, 0.4) is 0 Å². The molecule has 4 nitrogen and oxygen atoms in total. The molecule has 1 N–H and O–H groups in total. The molecule has 0 spiro atoms. The zero-order chi connectivity index (χ0) is 14.2. The molecule has 1 unspecified atom stereocenters. The standard InChI is InChI=1S/C16H26N2O2/c1-19-11-9-18(10-12-20-2)13-14-7-8-17-16-6-4-3-5-15(14)16/h3-6,14,17H,7-13H2,1-2H3. The van der Waals surface area contributed by atoms with Crippen LogP contribution in [0, 0.1) is 0 Å². The van der Waals surface area contributed by atoms with Crippen LogP contribution >= 0.6 is 0 Å². The van der Waals surface area contributed by atoms with Gasteiger partial charge in [-0.05, 0) is 18.1 Å². The van der Waals surface area contributed by atoms with Crippen LogP contribution in [0.2, 0.25) is 0 Å². The zero-order valence-electron chi connectivity index (χ0n) is 12.6. The maximum atomic E-state index is 5.22. The predicted octanol–water partition coefficient (Wildman–Crippen LogP) is 2.18. The smallest absolute Gasteiger partial charge is 0.0589 e. The zero-order valence-corrected chi connectivity index (χ0v) is 12.6. The molecular formula is C16H26N2O2. The number of benzene rings is 1. The fourth-order valence-electron chi connectivity index (χ4n) is 2.79. The molecule has 0 saturated carbocycles. The lowest BCUT2D eigenvalue weighted by molar-refractivity contribution is 0.109. The maximum absolute atomic E-state index is 5.22. The summed E-state index contributed by atoms with van der Waals surface area (Å²) in [6.07, 6.45) is 1.19. The Balaban J connectivity index is 1.99. The van der Waals surface area contributed by atoms with Crippen molar-refractivity contribution in [2.75, 3.05) is 58.9 Å². The third kappa shape index (κ3) is 4.20. The Morgan fingerprint density at radius 2 is 1.85 bits per heavy atom. The van der Waals surface area contributed by atoms with Gasteiger partial charge in [0.25, 0.3) is 0 Å². The molecule has 0 amide bonds. The molecule has 1 aliphatic rings. The largest absolute Gasteiger partial charge is 0.385 e. The summed E-state index contributed by atoms with van der Waals surface area (Å²) in [6.45, 7) is 5.61. The van der Waals surface area contributed by atoms with E-state index in [2.05, 4.69) is 34.5 Å². The quantitative estimate of drug-likeness (QED) is 0.790. The summed E-state index contributed by atoms with van der Waals surface area (Å²) >= 11 is 0. The molecule has 0 bridgehead atoms. The monoisotopic (exact) mass is 278 g/mol. The van der Waals surface area contributed by atoms with Crippen LogP contribution in [0.1, 0.15) is 17.9 Å². The summed E-state index contributed by atoms with van der Waals surface area (Å²) in [5, 5.41) is 3.48. The van der Waals surface area contributed by atoms with Crippen molar-refractivity contribution in [2.24, 2.45) is 0 Å². The Bertz CT molecular complexity index is 390. The minimum Gasteiger partial charge on any atom is -0.385 e. The second-order valence-corrected chi connectivity index (χ2v) is 5.29. The normalized spacial score (nSPS) is 17.9. The predicted molar refractivity (Wildman–Crippen MR) is 82.5 cm³/mol. The lowest BCUT2D eigenvalue weighted by Crippen LogP contribution is -2.36. The fraction of sp³-hybridized carbons (Fsp3) is 0.625. The number of methoxy groups -OCH3 is 2. The van der Waals surface area contributed by atoms with Crippen LogP contribution in [-0.4, -0.2) is 58.5 Å². The highest BCUT2D eigenvalue weighted by Gasteiger charge is 2.21. The van der Waals surface area contributed by atoms with E-state index in [1.165, 1.54) is 17.7 Å². The molecule has 1 atom stereocenters. The van der Waals surface area contributed by atoms with Crippen LogP contribution in [-0.2, 0) is 9.47 Å². The molecule has 1 aromatic carbocycles. The molecule has 1 heterocycles. The van der Waals surface area contributed by atoms with Gasteiger partial charge in [-0.3, -0.25) is 4.90 Å². The Morgan fingerprint density at radius 1 is 1.15 bits per heavy atom. The molecule has 2 rings (SSSR count). The summed E-state index contributed by atoms with van der Waals surface area (Å²) in [5.41, 5.74) is 2.74. The second-order valence-electron chi connectivity index (χ2n) is 5.29. The minimum absolute atomic E-state index is 0.598. The van der Waals surface area contributed by atoms with Gasteiger partial charge in [0.1, 0.15) is 0 Å². The SMILES string of the molecule is COCCN(CCOC)CC1CCNc2ccccc21. The number of rotatable bonds is 8. The Kier molecular flexibility index (Phi) is 6.30. The van der Waals surface area contributed by atoms with Gasteiger partial charge >= 0.3 is 0 Å². The van der Waals surface area contributed by atoms with E-state index in [4.69, 9.17) is 9.47 Å². The number of anilines is 1. The van der Waals surface area contributed by atoms with Gasteiger partial charge < -0.3 is 14.8 Å². The highest BCUT2D eigenvalue weighted by Crippen LogP contribution is 2.31. The summed E-state index contributed by atoms with van der Waals surface area (Å²) in [4.78, 5) is 2.44. The fourth-order valence-corrected chi connectivity index (χ4v) is 2.79. The van der Waals surface area contributed by atoms with E-state index in [-0.39, 0.29) is 0 Å². The first-order chi connectivity index (χ1) is 9.85. The van der Waals surface area contributed by atoms with Crippen molar-refractivity contribution in [1.29, 1.82) is 0 Å². The van der Waals surface area contributed by atoms with Crippen molar-refractivity contribution in [2.45, 2.75) is 12.3 Å². The van der Waals surface area contributed by atoms with Crippen LogP contribution in [0.25, 0.3) is 0 Å². The van der Waals surface area contributed by atoms with Crippen molar-refractivity contribution in [3.05, 3.63) is 29.8 Å². The third-order valence-electron chi connectivity index (χ3n) is 3.91. The van der Waals surface area contributed by atoms with Crippen LogP contribution in [0.4, 0.5) is 5.69 Å². The number of fused-ring (bicyclic) bond motifs is 1. The summed E-state index contributed by atoms with van der Waals surface area (Å²) < 4.78 is 10.4. The van der Waals surface area contributed by atoms with Crippen molar-refractivity contribution in [3.8, 4) is 0 Å². The maximum Gasteiger partial charge on any atom is 0.0589 e. The lowest BCUT2D eigenvalue weighted by Gasteiger charge is -2.31. The molecule has 0 saturated heterocycles. The van der Waals surface area contributed by atoms with E-state index in [1.54, 1.807) is 14.2 Å². The molecule has 0 fully saturated rings. The van der Waals surface area contributed by atoms with Gasteiger partial charge in [0, 0.05) is 52.0 Å². The average molecular weight is 278 g/mol. The van der Waals surface area contributed by atoms with Crippen molar-refractivity contribution in [1.82, 2.24) is 4.90 Å². The molecule has 20 heavy (non-hydrogen) atoms. The molecule has 0 aliphatic carbocycles. The van der Waals surface area contributed by atoms with E-state index in [0.717, 1.165) is 39.4 Å². The first-order valence-corrected chi connectivity index (χ1v) is 7.38. The molecule has 0 aromatic heterocycles. The molecule has 1 aliphatic heterocycles. The number of hydrogen-bond donors (Lipinski definition) is 1. The van der Waals surface area contributed by atoms with Crippen LogP contribution < -0.4 is 5.32 Å². The highest BCUT2D eigenvalue weighted by molar-refractivity contribution is 5.54. The van der Waals surface area contributed by atoms with Gasteiger partial charge in [0.05, 0.1) is 13.2 Å². The van der Waals surface area contributed by atoms with Crippen molar-refractivity contribution < 1.29 is 9.47 Å². The number of hydrogen-bond acceptors (Lipinski definition) is 4. The Morgan fingerprint density at radius 3 is 2.55 bits per heavy atom. The van der Waals surface area contributed by atoms with E-state index in [1.807, 2.05) is 0 Å². The second kappa shape index (κ2) is 8.25. The lowest BCUT2D eigenvalue weighted by atomic mass is 9.90. The van der Waals surface area contributed by atoms with Gasteiger partial charge in [0.2, 0.25) is 0 Å². The molecular weight excluding hydrogens is 252 g/mol. The van der Waals surface area contributed by atoms with Gasteiger partial charge in [-0.25, -0.2) is 0 Å². The van der Waals surface area contributed by atoms with E-state index < -0.39 is 0 Å². The molecule has 0 radical (unpaired) electrons. The third-order valence-corrected chi connectivity index (χ3v) is 3.91. The summed E-state index contributed by atoms with van der Waals surface area (Å²) in [6, 6.07) is 8.66.